The molecule has 0 saturated carbocycles. The first-order valence-electron chi connectivity index (χ1n) is 8.65. The summed E-state index contributed by atoms with van der Waals surface area (Å²) in [6, 6.07) is 9.29. The van der Waals surface area contributed by atoms with Gasteiger partial charge in [-0.1, -0.05) is 6.07 Å². The third-order valence-electron chi connectivity index (χ3n) is 4.81. The number of ether oxygens (including phenoxy) is 2. The zero-order valence-electron chi connectivity index (χ0n) is 14.2. The molecule has 4 heterocycles. The maximum atomic E-state index is 13.0. The van der Waals surface area contributed by atoms with Gasteiger partial charge in [-0.2, -0.15) is 0 Å². The molecule has 0 aromatic carbocycles. The standard InChI is InChI=1S/C19H21N3O3/c1-13-7-8-14(11-21-13)19(23)22-12-16(18-15(22)5-4-10-24-18)25-17-6-2-3-9-20-17/h2-3,6-9,11,15-16,18H,4-5,10,12H2,1H3/t15-,16-,18+/m1/s1. The summed E-state index contributed by atoms with van der Waals surface area (Å²) in [5.41, 5.74) is 1.50. The van der Waals surface area contributed by atoms with E-state index in [9.17, 15) is 4.79 Å². The number of aromatic nitrogens is 2. The predicted molar refractivity (Wildman–Crippen MR) is 91.4 cm³/mol. The number of likely N-dealkylation sites (tertiary alicyclic amines) is 1. The van der Waals surface area contributed by atoms with Crippen molar-refractivity contribution in [1.82, 2.24) is 14.9 Å². The molecule has 2 aliphatic rings. The lowest BCUT2D eigenvalue weighted by Crippen LogP contribution is -2.44. The first-order valence-corrected chi connectivity index (χ1v) is 8.65. The van der Waals surface area contributed by atoms with E-state index in [-0.39, 0.29) is 24.2 Å². The topological polar surface area (TPSA) is 64.6 Å². The summed E-state index contributed by atoms with van der Waals surface area (Å²) in [6.07, 6.45) is 4.90. The second-order valence-electron chi connectivity index (χ2n) is 6.52. The number of carbonyl (C=O) groups excluding carboxylic acids is 1. The third kappa shape index (κ3) is 3.22. The third-order valence-corrected chi connectivity index (χ3v) is 4.81. The van der Waals surface area contributed by atoms with E-state index >= 15 is 0 Å². The number of fused-ring (bicyclic) bond motifs is 1. The maximum Gasteiger partial charge on any atom is 0.255 e. The highest BCUT2D eigenvalue weighted by molar-refractivity contribution is 5.94. The molecule has 2 aliphatic heterocycles. The van der Waals surface area contributed by atoms with Crippen LogP contribution in [0, 0.1) is 6.92 Å². The Morgan fingerprint density at radius 3 is 2.96 bits per heavy atom. The van der Waals surface area contributed by atoms with Gasteiger partial charge >= 0.3 is 0 Å². The van der Waals surface area contributed by atoms with Gasteiger partial charge in [0.1, 0.15) is 12.2 Å². The van der Waals surface area contributed by atoms with Crippen LogP contribution in [0.15, 0.2) is 42.7 Å². The Hall–Kier alpha value is -2.47. The fourth-order valence-electron chi connectivity index (χ4n) is 3.58. The average molecular weight is 339 g/mol. The Bertz CT molecular complexity index is 735. The molecule has 4 rings (SSSR count). The summed E-state index contributed by atoms with van der Waals surface area (Å²) >= 11 is 0. The summed E-state index contributed by atoms with van der Waals surface area (Å²) in [6.45, 7) is 3.11. The predicted octanol–water partition coefficient (Wildman–Crippen LogP) is 2.24. The van der Waals surface area contributed by atoms with E-state index in [0.29, 0.717) is 24.6 Å². The zero-order valence-corrected chi connectivity index (χ0v) is 14.2. The van der Waals surface area contributed by atoms with Gasteiger partial charge in [0, 0.05) is 30.8 Å². The van der Waals surface area contributed by atoms with Crippen molar-refractivity contribution in [3.8, 4) is 5.88 Å². The summed E-state index contributed by atoms with van der Waals surface area (Å²) in [7, 11) is 0. The Morgan fingerprint density at radius 1 is 1.28 bits per heavy atom. The van der Waals surface area contributed by atoms with Crippen LogP contribution >= 0.6 is 0 Å². The van der Waals surface area contributed by atoms with E-state index in [4.69, 9.17) is 9.47 Å². The van der Waals surface area contributed by atoms with E-state index in [1.807, 2.05) is 42.2 Å². The maximum absolute atomic E-state index is 13.0. The molecule has 0 bridgehead atoms. The van der Waals surface area contributed by atoms with Crippen LogP contribution < -0.4 is 4.74 Å². The van der Waals surface area contributed by atoms with Gasteiger partial charge in [-0.15, -0.1) is 0 Å². The van der Waals surface area contributed by atoms with Crippen molar-refractivity contribution in [3.63, 3.8) is 0 Å². The van der Waals surface area contributed by atoms with Crippen molar-refractivity contribution < 1.29 is 14.3 Å². The van der Waals surface area contributed by atoms with Crippen molar-refractivity contribution >= 4 is 5.91 Å². The van der Waals surface area contributed by atoms with E-state index in [0.717, 1.165) is 18.5 Å². The van der Waals surface area contributed by atoms with Crippen molar-refractivity contribution in [2.45, 2.75) is 38.0 Å². The molecule has 0 spiro atoms. The summed E-state index contributed by atoms with van der Waals surface area (Å²) < 4.78 is 12.0. The number of nitrogens with zero attached hydrogens (tertiary/aromatic N) is 3. The minimum absolute atomic E-state index is 0.0138. The molecule has 0 N–H and O–H groups in total. The van der Waals surface area contributed by atoms with Crippen LogP contribution in [0.4, 0.5) is 0 Å². The van der Waals surface area contributed by atoms with Crippen LogP contribution in [0.3, 0.4) is 0 Å². The number of carbonyl (C=O) groups is 1. The number of amides is 1. The van der Waals surface area contributed by atoms with Gasteiger partial charge < -0.3 is 14.4 Å². The fraction of sp³-hybridized carbons (Fsp3) is 0.421. The number of pyridine rings is 2. The molecule has 3 atom stereocenters. The first kappa shape index (κ1) is 16.0. The van der Waals surface area contributed by atoms with Crippen LogP contribution in [-0.2, 0) is 4.74 Å². The van der Waals surface area contributed by atoms with Gasteiger partial charge in [0.25, 0.3) is 5.91 Å². The Morgan fingerprint density at radius 2 is 2.20 bits per heavy atom. The lowest BCUT2D eigenvalue weighted by molar-refractivity contribution is -0.0455. The van der Waals surface area contributed by atoms with Crippen LogP contribution in [-0.4, -0.2) is 52.2 Å². The van der Waals surface area contributed by atoms with Crippen molar-refractivity contribution in [2.24, 2.45) is 0 Å². The van der Waals surface area contributed by atoms with Gasteiger partial charge in [0.15, 0.2) is 0 Å². The van der Waals surface area contributed by atoms with Crippen molar-refractivity contribution in [1.29, 1.82) is 0 Å². The normalized spacial score (nSPS) is 25.5. The summed E-state index contributed by atoms with van der Waals surface area (Å²) in [5, 5.41) is 0. The molecule has 130 valence electrons. The quantitative estimate of drug-likeness (QED) is 0.858. The van der Waals surface area contributed by atoms with E-state index in [1.165, 1.54) is 0 Å². The lowest BCUT2D eigenvalue weighted by Gasteiger charge is -2.32. The highest BCUT2D eigenvalue weighted by atomic mass is 16.5. The minimum atomic E-state index is -0.206. The molecule has 25 heavy (non-hydrogen) atoms. The first-order chi connectivity index (χ1) is 12.2. The number of hydrogen-bond donors (Lipinski definition) is 0. The van der Waals surface area contributed by atoms with E-state index in [1.54, 1.807) is 12.4 Å². The number of hydrogen-bond acceptors (Lipinski definition) is 5. The summed E-state index contributed by atoms with van der Waals surface area (Å²) in [5.74, 6) is 0.548. The van der Waals surface area contributed by atoms with Gasteiger partial charge in [0.2, 0.25) is 5.88 Å². The van der Waals surface area contributed by atoms with Crippen LogP contribution in [0.25, 0.3) is 0 Å². The van der Waals surface area contributed by atoms with Gasteiger partial charge in [-0.05, 0) is 38.0 Å². The molecule has 6 nitrogen and oxygen atoms in total. The molecule has 1 amide bonds. The monoisotopic (exact) mass is 339 g/mol. The van der Waals surface area contributed by atoms with Crippen molar-refractivity contribution in [3.05, 3.63) is 54.0 Å². The van der Waals surface area contributed by atoms with Crippen molar-refractivity contribution in [2.75, 3.05) is 13.2 Å². The molecule has 6 heteroatoms. The Kier molecular flexibility index (Phi) is 4.36. The summed E-state index contributed by atoms with van der Waals surface area (Å²) in [4.78, 5) is 23.3. The molecule has 2 aromatic heterocycles. The zero-order chi connectivity index (χ0) is 17.2. The van der Waals surface area contributed by atoms with E-state index < -0.39 is 0 Å². The van der Waals surface area contributed by atoms with E-state index in [2.05, 4.69) is 9.97 Å². The SMILES string of the molecule is Cc1ccc(C(=O)N2C[C@@H](Oc3ccccn3)[C@H]3OCCC[C@H]32)cn1. The highest BCUT2D eigenvalue weighted by Gasteiger charge is 2.47. The minimum Gasteiger partial charge on any atom is -0.470 e. The van der Waals surface area contributed by atoms with Gasteiger partial charge in [-0.3, -0.25) is 9.78 Å². The van der Waals surface area contributed by atoms with Crippen LogP contribution in [0.5, 0.6) is 5.88 Å². The van der Waals surface area contributed by atoms with Gasteiger partial charge in [0.05, 0.1) is 18.2 Å². The molecule has 2 saturated heterocycles. The molecule has 0 unspecified atom stereocenters. The molecular formula is C19H21N3O3. The second kappa shape index (κ2) is 6.80. The van der Waals surface area contributed by atoms with Crippen LogP contribution in [0.2, 0.25) is 0 Å². The average Bonchev–Trinajstić information content (AvgIpc) is 3.01. The lowest BCUT2D eigenvalue weighted by atomic mass is 10.0. The van der Waals surface area contributed by atoms with Gasteiger partial charge in [-0.25, -0.2) is 4.98 Å². The Balaban J connectivity index is 1.56. The smallest absolute Gasteiger partial charge is 0.255 e. The molecule has 2 aromatic rings. The largest absolute Gasteiger partial charge is 0.470 e. The molecule has 2 fully saturated rings. The number of rotatable bonds is 3. The Labute approximate surface area is 146 Å². The highest BCUT2D eigenvalue weighted by Crippen LogP contribution is 2.32. The molecule has 0 radical (unpaired) electrons. The molecular weight excluding hydrogens is 318 g/mol. The number of aryl methyl sites for hydroxylation is 1. The molecule has 0 aliphatic carbocycles. The van der Waals surface area contributed by atoms with Crippen LogP contribution in [0.1, 0.15) is 28.9 Å². The fourth-order valence-corrected chi connectivity index (χ4v) is 3.58. The second-order valence-corrected chi connectivity index (χ2v) is 6.52.